The van der Waals surface area contributed by atoms with Crippen LogP contribution in [0.15, 0.2) is 67.0 Å². The summed E-state index contributed by atoms with van der Waals surface area (Å²) in [7, 11) is 0. The van der Waals surface area contributed by atoms with Crippen LogP contribution in [0.1, 0.15) is 22.8 Å². The van der Waals surface area contributed by atoms with Crippen molar-refractivity contribution in [3.63, 3.8) is 0 Å². The number of amides is 1. The molecule has 1 aromatic heterocycles. The minimum absolute atomic E-state index is 0.155. The Bertz CT molecular complexity index is 973. The highest BCUT2D eigenvalue weighted by molar-refractivity contribution is 6.04. The zero-order chi connectivity index (χ0) is 18.1. The first-order valence-electron chi connectivity index (χ1n) is 8.51. The van der Waals surface area contributed by atoms with Crippen LogP contribution in [0.5, 0.6) is 0 Å². The van der Waals surface area contributed by atoms with Crippen LogP contribution < -0.4 is 10.2 Å². The summed E-state index contributed by atoms with van der Waals surface area (Å²) in [5.74, 6) is -0.850. The third-order valence-corrected chi connectivity index (χ3v) is 4.59. The molecule has 1 atom stereocenters. The molecule has 2 heterocycles. The first-order chi connectivity index (χ1) is 12.6. The molecule has 130 valence electrons. The van der Waals surface area contributed by atoms with Crippen molar-refractivity contribution in [1.29, 1.82) is 0 Å². The van der Waals surface area contributed by atoms with Crippen LogP contribution in [-0.4, -0.2) is 16.9 Å². The summed E-state index contributed by atoms with van der Waals surface area (Å²) in [6.07, 6.45) is 4.19. The van der Waals surface area contributed by atoms with E-state index < -0.39 is 5.82 Å². The smallest absolute Gasteiger partial charge is 0.257 e. The van der Waals surface area contributed by atoms with Gasteiger partial charge in [0.2, 0.25) is 0 Å². The minimum Gasteiger partial charge on any atom is -0.337 e. The number of halogens is 1. The maximum Gasteiger partial charge on any atom is 0.257 e. The van der Waals surface area contributed by atoms with E-state index >= 15 is 0 Å². The van der Waals surface area contributed by atoms with Crippen LogP contribution in [0.4, 0.5) is 21.5 Å². The van der Waals surface area contributed by atoms with Crippen LogP contribution in [0.25, 0.3) is 0 Å². The Morgan fingerprint density at radius 3 is 2.77 bits per heavy atom. The zero-order valence-electron chi connectivity index (χ0n) is 14.3. The van der Waals surface area contributed by atoms with E-state index in [0.717, 1.165) is 17.8 Å². The summed E-state index contributed by atoms with van der Waals surface area (Å²) in [4.78, 5) is 18.9. The van der Waals surface area contributed by atoms with E-state index in [1.165, 1.54) is 23.9 Å². The number of anilines is 3. The van der Waals surface area contributed by atoms with Crippen LogP contribution in [0.2, 0.25) is 0 Å². The molecule has 1 N–H and O–H groups in total. The fourth-order valence-corrected chi connectivity index (χ4v) is 3.40. The molecule has 1 aliphatic heterocycles. The van der Waals surface area contributed by atoms with Crippen molar-refractivity contribution in [1.82, 2.24) is 4.98 Å². The zero-order valence-corrected chi connectivity index (χ0v) is 14.3. The predicted molar refractivity (Wildman–Crippen MR) is 100 cm³/mol. The van der Waals surface area contributed by atoms with E-state index in [1.54, 1.807) is 24.4 Å². The summed E-state index contributed by atoms with van der Waals surface area (Å²) in [5, 5.41) is 2.60. The molecule has 2 aromatic carbocycles. The van der Waals surface area contributed by atoms with Gasteiger partial charge >= 0.3 is 0 Å². The van der Waals surface area contributed by atoms with E-state index in [1.807, 2.05) is 12.1 Å². The molecule has 1 unspecified atom stereocenters. The van der Waals surface area contributed by atoms with Gasteiger partial charge in [-0.1, -0.05) is 30.3 Å². The van der Waals surface area contributed by atoms with E-state index in [4.69, 9.17) is 0 Å². The normalized spacial score (nSPS) is 15.6. The molecule has 4 rings (SSSR count). The fourth-order valence-electron chi connectivity index (χ4n) is 3.40. The van der Waals surface area contributed by atoms with E-state index in [0.29, 0.717) is 5.56 Å². The van der Waals surface area contributed by atoms with Crippen molar-refractivity contribution in [2.24, 2.45) is 0 Å². The number of rotatable bonds is 3. The molecule has 0 fully saturated rings. The van der Waals surface area contributed by atoms with Crippen molar-refractivity contribution in [2.45, 2.75) is 19.4 Å². The Morgan fingerprint density at radius 2 is 1.92 bits per heavy atom. The number of aromatic nitrogens is 1. The van der Waals surface area contributed by atoms with Crippen molar-refractivity contribution < 1.29 is 9.18 Å². The average molecular weight is 347 g/mol. The number of pyridine rings is 1. The molecule has 0 saturated carbocycles. The van der Waals surface area contributed by atoms with Gasteiger partial charge in [-0.05, 0) is 43.2 Å². The molecular formula is C21H18FN3O. The molecule has 26 heavy (non-hydrogen) atoms. The van der Waals surface area contributed by atoms with Crippen LogP contribution in [0.3, 0.4) is 0 Å². The second kappa shape index (κ2) is 6.59. The molecule has 0 aliphatic carbocycles. The lowest BCUT2D eigenvalue weighted by Crippen LogP contribution is -2.24. The van der Waals surface area contributed by atoms with Gasteiger partial charge in [0, 0.05) is 17.9 Å². The molecule has 0 bridgehead atoms. The molecular weight excluding hydrogens is 329 g/mol. The van der Waals surface area contributed by atoms with Gasteiger partial charge in [0.1, 0.15) is 5.82 Å². The Morgan fingerprint density at radius 1 is 1.15 bits per heavy atom. The largest absolute Gasteiger partial charge is 0.337 e. The van der Waals surface area contributed by atoms with Crippen molar-refractivity contribution >= 4 is 23.0 Å². The van der Waals surface area contributed by atoms with Crippen LogP contribution >= 0.6 is 0 Å². The van der Waals surface area contributed by atoms with Gasteiger partial charge < -0.3 is 10.2 Å². The maximum absolute atomic E-state index is 13.8. The number of nitrogens with one attached hydrogen (secondary N) is 1. The van der Waals surface area contributed by atoms with Gasteiger partial charge in [-0.15, -0.1) is 0 Å². The number of para-hydroxylation sites is 2. The molecule has 0 saturated heterocycles. The van der Waals surface area contributed by atoms with Crippen molar-refractivity contribution in [3.05, 3.63) is 83.9 Å². The Hall–Kier alpha value is -3.21. The summed E-state index contributed by atoms with van der Waals surface area (Å²) >= 11 is 0. The van der Waals surface area contributed by atoms with Crippen molar-refractivity contribution in [2.75, 3.05) is 10.2 Å². The monoisotopic (exact) mass is 347 g/mol. The number of hydrogen-bond donors (Lipinski definition) is 1. The first kappa shape index (κ1) is 16.3. The Balaban J connectivity index is 1.63. The summed E-state index contributed by atoms with van der Waals surface area (Å²) in [6.45, 7) is 2.14. The van der Waals surface area contributed by atoms with E-state index in [-0.39, 0.29) is 17.6 Å². The summed E-state index contributed by atoms with van der Waals surface area (Å²) in [6, 6.07) is 16.4. The quantitative estimate of drug-likeness (QED) is 0.756. The first-order valence-corrected chi connectivity index (χ1v) is 8.51. The molecule has 4 nitrogen and oxygen atoms in total. The van der Waals surface area contributed by atoms with Gasteiger partial charge in [-0.3, -0.25) is 9.78 Å². The van der Waals surface area contributed by atoms with E-state index in [9.17, 15) is 9.18 Å². The van der Waals surface area contributed by atoms with Gasteiger partial charge in [-0.25, -0.2) is 4.39 Å². The number of nitrogens with zero attached hydrogens (tertiary/aromatic N) is 2. The van der Waals surface area contributed by atoms with Gasteiger partial charge in [-0.2, -0.15) is 0 Å². The lowest BCUT2D eigenvalue weighted by Gasteiger charge is -2.25. The van der Waals surface area contributed by atoms with Gasteiger partial charge in [0.05, 0.1) is 23.1 Å². The molecule has 0 radical (unpaired) electrons. The highest BCUT2D eigenvalue weighted by Crippen LogP contribution is 2.37. The predicted octanol–water partition coefficient (Wildman–Crippen LogP) is 4.56. The Kier molecular flexibility index (Phi) is 4.13. The SMILES string of the molecule is CC1Cc2ccccc2N1c1cncc(C(=O)Nc2ccccc2F)c1. The molecule has 5 heteroatoms. The third kappa shape index (κ3) is 2.92. The standard InChI is InChI=1S/C21H18FN3O/c1-14-10-15-6-2-5-9-20(15)25(14)17-11-16(12-23-13-17)21(26)24-19-8-4-3-7-18(19)22/h2-9,11-14H,10H2,1H3,(H,24,26). The lowest BCUT2D eigenvalue weighted by atomic mass is 10.1. The molecule has 3 aromatic rings. The highest BCUT2D eigenvalue weighted by atomic mass is 19.1. The lowest BCUT2D eigenvalue weighted by molar-refractivity contribution is 0.102. The number of carbonyl (C=O) groups excluding carboxylic acids is 1. The molecule has 1 aliphatic rings. The average Bonchev–Trinajstić information content (AvgIpc) is 2.99. The maximum atomic E-state index is 13.8. The second-order valence-corrected chi connectivity index (χ2v) is 6.42. The number of hydrogen-bond acceptors (Lipinski definition) is 3. The summed E-state index contributed by atoms with van der Waals surface area (Å²) < 4.78 is 13.8. The van der Waals surface area contributed by atoms with Gasteiger partial charge in [0.25, 0.3) is 5.91 Å². The van der Waals surface area contributed by atoms with Gasteiger partial charge in [0.15, 0.2) is 0 Å². The fraction of sp³-hybridized carbons (Fsp3) is 0.143. The van der Waals surface area contributed by atoms with E-state index in [2.05, 4.69) is 34.3 Å². The molecule has 0 spiro atoms. The third-order valence-electron chi connectivity index (χ3n) is 4.59. The highest BCUT2D eigenvalue weighted by Gasteiger charge is 2.27. The summed E-state index contributed by atoms with van der Waals surface area (Å²) in [5.41, 5.74) is 3.81. The molecule has 1 amide bonds. The second-order valence-electron chi connectivity index (χ2n) is 6.42. The number of fused-ring (bicyclic) bond motifs is 1. The van der Waals surface area contributed by atoms with Crippen LogP contribution in [0, 0.1) is 5.82 Å². The van der Waals surface area contributed by atoms with Crippen LogP contribution in [-0.2, 0) is 6.42 Å². The topological polar surface area (TPSA) is 45.2 Å². The van der Waals surface area contributed by atoms with Crippen molar-refractivity contribution in [3.8, 4) is 0 Å². The number of benzene rings is 2. The minimum atomic E-state index is -0.466. The number of carbonyl (C=O) groups is 1. The Labute approximate surface area is 151 Å².